The van der Waals surface area contributed by atoms with Gasteiger partial charge in [-0.25, -0.2) is 19.6 Å². The summed E-state index contributed by atoms with van der Waals surface area (Å²) in [6.45, 7) is 1.84. The summed E-state index contributed by atoms with van der Waals surface area (Å²) in [4.78, 5) is 24.4. The molecular formula is C26H49N3O4. The van der Waals surface area contributed by atoms with E-state index in [0.717, 1.165) is 64.0 Å². The maximum Gasteiger partial charge on any atom is 0.100 e. The number of hydrogen-bond acceptors (Lipinski definition) is 7. The number of allylic oxidation sites excluding steroid dienone is 1. The number of rotatable bonds is 12. The van der Waals surface area contributed by atoms with E-state index in [0.29, 0.717) is 31.0 Å². The lowest BCUT2D eigenvalue weighted by molar-refractivity contribution is -0.335. The Morgan fingerprint density at radius 2 is 1.61 bits per heavy atom. The third kappa shape index (κ3) is 9.92. The second kappa shape index (κ2) is 14.8. The van der Waals surface area contributed by atoms with Gasteiger partial charge in [0, 0.05) is 18.1 Å². The first-order valence-electron chi connectivity index (χ1n) is 13.4. The van der Waals surface area contributed by atoms with Crippen molar-refractivity contribution in [2.45, 2.75) is 101 Å². The normalized spacial score (nSPS) is 36.0. The zero-order chi connectivity index (χ0) is 23.5. The molecule has 0 bridgehead atoms. The lowest BCUT2D eigenvalue weighted by Crippen LogP contribution is -2.42. The summed E-state index contributed by atoms with van der Waals surface area (Å²) in [6, 6.07) is 1.21. The molecule has 4 N–H and O–H groups in total. The highest BCUT2D eigenvalue weighted by Gasteiger charge is 2.26. The summed E-state index contributed by atoms with van der Waals surface area (Å²) in [7, 11) is 4.37. The highest BCUT2D eigenvalue weighted by atomic mass is 17.2. The van der Waals surface area contributed by atoms with Gasteiger partial charge in [0.1, 0.15) is 6.61 Å². The summed E-state index contributed by atoms with van der Waals surface area (Å²) in [6.07, 6.45) is 18.1. The van der Waals surface area contributed by atoms with E-state index in [1.807, 2.05) is 0 Å². The molecule has 0 spiro atoms. The van der Waals surface area contributed by atoms with Gasteiger partial charge >= 0.3 is 0 Å². The Balaban J connectivity index is 1.15. The second-order valence-corrected chi connectivity index (χ2v) is 10.9. The van der Waals surface area contributed by atoms with Crippen molar-refractivity contribution in [1.29, 1.82) is 0 Å². The first-order chi connectivity index (χ1) is 16.0. The summed E-state index contributed by atoms with van der Waals surface area (Å²) in [5, 5.41) is 0. The molecule has 3 unspecified atom stereocenters. The van der Waals surface area contributed by atoms with Crippen LogP contribution < -0.4 is 11.5 Å². The molecule has 3 rings (SSSR count). The predicted molar refractivity (Wildman–Crippen MR) is 131 cm³/mol. The molecule has 3 aliphatic carbocycles. The van der Waals surface area contributed by atoms with Gasteiger partial charge in [0.15, 0.2) is 0 Å². The van der Waals surface area contributed by atoms with E-state index in [2.05, 4.69) is 31.1 Å². The molecule has 3 atom stereocenters. The highest BCUT2D eigenvalue weighted by Crippen LogP contribution is 2.29. The summed E-state index contributed by atoms with van der Waals surface area (Å²) in [5.41, 5.74) is 12.2. The molecule has 7 nitrogen and oxygen atoms in total. The summed E-state index contributed by atoms with van der Waals surface area (Å²) >= 11 is 0. The Morgan fingerprint density at radius 3 is 2.30 bits per heavy atom. The van der Waals surface area contributed by atoms with Crippen LogP contribution in [0.1, 0.15) is 77.0 Å². The summed E-state index contributed by atoms with van der Waals surface area (Å²) in [5.74, 6) is 1.75. The van der Waals surface area contributed by atoms with E-state index in [-0.39, 0.29) is 18.2 Å². The van der Waals surface area contributed by atoms with Gasteiger partial charge in [-0.05, 0) is 109 Å². The van der Waals surface area contributed by atoms with Crippen LogP contribution in [0.25, 0.3) is 0 Å². The van der Waals surface area contributed by atoms with Crippen LogP contribution >= 0.6 is 0 Å². The molecule has 0 aromatic rings. The first kappa shape index (κ1) is 27.1. The lowest BCUT2D eigenvalue weighted by atomic mass is 9.81. The Hall–Kier alpha value is -0.540. The highest BCUT2D eigenvalue weighted by molar-refractivity contribution is 4.91. The number of nitrogens with two attached hydrogens (primary N) is 2. The SMILES string of the molecule is CN(C)C1CCC(COOC2CCC(C=CCOOCCC3CCC(N)CC3N)CC2)CC1. The van der Waals surface area contributed by atoms with Gasteiger partial charge in [0.25, 0.3) is 0 Å². The standard InChI is InChI=1S/C26H49N3O4/c1-29(2)24-11-5-21(6-12-24)19-32-33-25-13-7-20(8-14-25)4-3-16-30-31-17-15-22-9-10-23(27)18-26(22)28/h3-4,20-26H,5-19,27-28H2,1-2H3. The minimum atomic E-state index is 0.199. The average molecular weight is 468 g/mol. The quantitative estimate of drug-likeness (QED) is 0.194. The van der Waals surface area contributed by atoms with Crippen molar-refractivity contribution in [2.75, 3.05) is 33.9 Å². The molecule has 192 valence electrons. The van der Waals surface area contributed by atoms with E-state index >= 15 is 0 Å². The van der Waals surface area contributed by atoms with Crippen LogP contribution in [0.5, 0.6) is 0 Å². The van der Waals surface area contributed by atoms with Crippen molar-refractivity contribution < 1.29 is 19.6 Å². The fourth-order valence-electron chi connectivity index (χ4n) is 5.69. The molecule has 3 fully saturated rings. The first-order valence-corrected chi connectivity index (χ1v) is 13.4. The third-order valence-corrected chi connectivity index (χ3v) is 8.09. The minimum absolute atomic E-state index is 0.199. The Labute approximate surface area is 201 Å². The Morgan fingerprint density at radius 1 is 0.848 bits per heavy atom. The molecule has 33 heavy (non-hydrogen) atoms. The van der Waals surface area contributed by atoms with E-state index < -0.39 is 0 Å². The maximum absolute atomic E-state index is 6.19. The van der Waals surface area contributed by atoms with Gasteiger partial charge in [-0.1, -0.05) is 12.2 Å². The Kier molecular flexibility index (Phi) is 12.1. The largest absolute Gasteiger partial charge is 0.328 e. The maximum atomic E-state index is 6.19. The zero-order valence-electron chi connectivity index (χ0n) is 21.0. The molecule has 0 aliphatic heterocycles. The molecule has 0 radical (unpaired) electrons. The fraction of sp³-hybridized carbons (Fsp3) is 0.923. The van der Waals surface area contributed by atoms with E-state index in [1.54, 1.807) is 0 Å². The van der Waals surface area contributed by atoms with Gasteiger partial charge in [-0.2, -0.15) is 0 Å². The van der Waals surface area contributed by atoms with Crippen molar-refractivity contribution in [1.82, 2.24) is 4.90 Å². The van der Waals surface area contributed by atoms with E-state index in [4.69, 9.17) is 31.0 Å². The smallest absolute Gasteiger partial charge is 0.100 e. The van der Waals surface area contributed by atoms with E-state index in [1.165, 1.54) is 25.7 Å². The molecule has 3 saturated carbocycles. The van der Waals surface area contributed by atoms with Crippen molar-refractivity contribution in [3.05, 3.63) is 12.2 Å². The molecule has 7 heteroatoms. The lowest BCUT2D eigenvalue weighted by Gasteiger charge is -2.32. The minimum Gasteiger partial charge on any atom is -0.328 e. The van der Waals surface area contributed by atoms with Crippen molar-refractivity contribution >= 4 is 0 Å². The second-order valence-electron chi connectivity index (χ2n) is 10.9. The van der Waals surface area contributed by atoms with Gasteiger partial charge in [0.05, 0.1) is 19.3 Å². The van der Waals surface area contributed by atoms with Crippen LogP contribution in [-0.2, 0) is 19.6 Å². The number of hydrogen-bond donors (Lipinski definition) is 2. The predicted octanol–water partition coefficient (Wildman–Crippen LogP) is 3.96. The molecule has 0 heterocycles. The zero-order valence-corrected chi connectivity index (χ0v) is 21.0. The fourth-order valence-corrected chi connectivity index (χ4v) is 5.69. The van der Waals surface area contributed by atoms with Crippen LogP contribution in [0.4, 0.5) is 0 Å². The molecule has 0 aromatic heterocycles. The monoisotopic (exact) mass is 467 g/mol. The van der Waals surface area contributed by atoms with Crippen LogP contribution in [0.2, 0.25) is 0 Å². The van der Waals surface area contributed by atoms with Crippen LogP contribution in [-0.4, -0.2) is 63.0 Å². The number of nitrogens with zero attached hydrogens (tertiary/aromatic N) is 1. The summed E-state index contributed by atoms with van der Waals surface area (Å²) < 4.78 is 0. The average Bonchev–Trinajstić information content (AvgIpc) is 2.81. The Bertz CT molecular complexity index is 546. The van der Waals surface area contributed by atoms with Gasteiger partial charge < -0.3 is 16.4 Å². The van der Waals surface area contributed by atoms with Gasteiger partial charge in [-0.3, -0.25) is 0 Å². The van der Waals surface area contributed by atoms with Crippen LogP contribution in [0.3, 0.4) is 0 Å². The van der Waals surface area contributed by atoms with Crippen LogP contribution in [0.15, 0.2) is 12.2 Å². The van der Waals surface area contributed by atoms with Crippen molar-refractivity contribution in [3.63, 3.8) is 0 Å². The van der Waals surface area contributed by atoms with Crippen LogP contribution in [0, 0.1) is 17.8 Å². The topological polar surface area (TPSA) is 92.2 Å². The molecule has 0 saturated heterocycles. The third-order valence-electron chi connectivity index (χ3n) is 8.09. The molecule has 0 amide bonds. The molecular weight excluding hydrogens is 418 g/mol. The van der Waals surface area contributed by atoms with Crippen molar-refractivity contribution in [2.24, 2.45) is 29.2 Å². The van der Waals surface area contributed by atoms with Crippen molar-refractivity contribution in [3.8, 4) is 0 Å². The molecule has 0 aromatic carbocycles. The molecule has 3 aliphatic rings. The van der Waals surface area contributed by atoms with Gasteiger partial charge in [0.2, 0.25) is 0 Å². The van der Waals surface area contributed by atoms with E-state index in [9.17, 15) is 0 Å². The van der Waals surface area contributed by atoms with Gasteiger partial charge in [-0.15, -0.1) is 0 Å².